The molecule has 0 spiro atoms. The highest BCUT2D eigenvalue weighted by Crippen LogP contribution is 2.29. The van der Waals surface area contributed by atoms with Gasteiger partial charge in [-0.15, -0.1) is 10.2 Å². The molecule has 0 bridgehead atoms. The van der Waals surface area contributed by atoms with Crippen LogP contribution in [-0.4, -0.2) is 31.3 Å². The molecule has 0 atom stereocenters. The van der Waals surface area contributed by atoms with E-state index >= 15 is 0 Å². The van der Waals surface area contributed by atoms with Gasteiger partial charge in [0.25, 0.3) is 0 Å². The van der Waals surface area contributed by atoms with Crippen LogP contribution >= 0.6 is 15.9 Å². The highest BCUT2D eigenvalue weighted by Gasteiger charge is 2.39. The summed E-state index contributed by atoms with van der Waals surface area (Å²) in [5.74, 6) is -0.211. The lowest BCUT2D eigenvalue weighted by atomic mass is 10.3. The number of nitrogens with zero attached hydrogens (tertiary/aromatic N) is 6. The minimum absolute atomic E-state index is 0.154. The van der Waals surface area contributed by atoms with Crippen LogP contribution in [0.4, 0.5) is 19.1 Å². The Hall–Kier alpha value is -1.71. The fraction of sp³-hybridized carbons (Fsp3) is 0.455. The van der Waals surface area contributed by atoms with E-state index in [2.05, 4.69) is 36.1 Å². The van der Waals surface area contributed by atoms with Gasteiger partial charge in [0.2, 0.25) is 11.8 Å². The molecule has 3 rings (SSSR count). The van der Waals surface area contributed by atoms with Crippen LogP contribution in [-0.2, 0) is 24.6 Å². The van der Waals surface area contributed by atoms with Crippen molar-refractivity contribution < 1.29 is 13.2 Å². The van der Waals surface area contributed by atoms with Crippen molar-refractivity contribution in [3.63, 3.8) is 0 Å². The van der Waals surface area contributed by atoms with E-state index < -0.39 is 12.0 Å². The lowest BCUT2D eigenvalue weighted by Crippen LogP contribution is -2.36. The first kappa shape index (κ1) is 14.2. The molecule has 21 heavy (non-hydrogen) atoms. The summed E-state index contributed by atoms with van der Waals surface area (Å²) in [4.78, 5) is 10.2. The van der Waals surface area contributed by atoms with Gasteiger partial charge in [-0.05, 0) is 5.56 Å². The maximum atomic E-state index is 12.7. The van der Waals surface area contributed by atoms with Crippen molar-refractivity contribution in [2.24, 2.45) is 0 Å². The summed E-state index contributed by atoms with van der Waals surface area (Å²) in [6.45, 7) is 0.735. The average Bonchev–Trinajstić information content (AvgIpc) is 2.90. The summed E-state index contributed by atoms with van der Waals surface area (Å²) < 4.78 is 39.3. The van der Waals surface area contributed by atoms with E-state index in [-0.39, 0.29) is 18.9 Å². The van der Waals surface area contributed by atoms with Crippen LogP contribution in [0.25, 0.3) is 0 Å². The second-order valence-corrected chi connectivity index (χ2v) is 5.10. The summed E-state index contributed by atoms with van der Waals surface area (Å²) in [5, 5.41) is 7.51. The topological polar surface area (TPSA) is 59.7 Å². The summed E-state index contributed by atoms with van der Waals surface area (Å²) in [5.41, 5.74) is 0.929. The Morgan fingerprint density at radius 3 is 2.48 bits per heavy atom. The van der Waals surface area contributed by atoms with Crippen LogP contribution in [0.1, 0.15) is 17.2 Å². The monoisotopic (exact) mass is 362 g/mol. The van der Waals surface area contributed by atoms with Gasteiger partial charge < -0.3 is 9.47 Å². The number of rotatable bonds is 2. The van der Waals surface area contributed by atoms with Gasteiger partial charge in [-0.2, -0.15) is 13.2 Å². The third-order valence-electron chi connectivity index (χ3n) is 3.14. The Balaban J connectivity index is 1.83. The van der Waals surface area contributed by atoms with E-state index in [4.69, 9.17) is 0 Å². The molecule has 2 aromatic rings. The lowest BCUT2D eigenvalue weighted by molar-refractivity contribution is -0.147. The molecule has 3 heterocycles. The van der Waals surface area contributed by atoms with Gasteiger partial charge >= 0.3 is 6.18 Å². The van der Waals surface area contributed by atoms with Gasteiger partial charge in [0.15, 0.2) is 5.82 Å². The summed E-state index contributed by atoms with van der Waals surface area (Å²) in [7, 11) is 0. The number of hydrogen-bond donors (Lipinski definition) is 0. The Morgan fingerprint density at radius 1 is 1.14 bits per heavy atom. The molecular formula is C11H10BrF3N6. The Bertz CT molecular complexity index is 638. The number of anilines is 1. The minimum atomic E-state index is -4.48. The zero-order chi connectivity index (χ0) is 15.0. The average molecular weight is 363 g/mol. The molecule has 0 radical (unpaired) electrons. The fourth-order valence-electron chi connectivity index (χ4n) is 2.12. The highest BCUT2D eigenvalue weighted by molar-refractivity contribution is 9.08. The normalized spacial score (nSPS) is 15.1. The maximum Gasteiger partial charge on any atom is 0.451 e. The molecule has 6 nitrogen and oxygen atoms in total. The second-order valence-electron chi connectivity index (χ2n) is 4.54. The molecule has 0 saturated heterocycles. The number of hydrogen-bond acceptors (Lipinski definition) is 5. The molecule has 0 aromatic carbocycles. The van der Waals surface area contributed by atoms with Crippen molar-refractivity contribution in [3.05, 3.63) is 29.6 Å². The number of alkyl halides is 4. The van der Waals surface area contributed by atoms with E-state index in [9.17, 15) is 13.2 Å². The third-order valence-corrected chi connectivity index (χ3v) is 3.78. The molecule has 1 aliphatic heterocycles. The van der Waals surface area contributed by atoms with E-state index in [0.29, 0.717) is 17.8 Å². The first-order valence-electron chi connectivity index (χ1n) is 6.10. The largest absolute Gasteiger partial charge is 0.451 e. The quantitative estimate of drug-likeness (QED) is 0.764. The van der Waals surface area contributed by atoms with Crippen molar-refractivity contribution in [2.45, 2.75) is 24.6 Å². The van der Waals surface area contributed by atoms with Gasteiger partial charge in [0.1, 0.15) is 0 Å². The van der Waals surface area contributed by atoms with Gasteiger partial charge in [0, 0.05) is 30.8 Å². The van der Waals surface area contributed by atoms with Gasteiger partial charge in [-0.25, -0.2) is 9.97 Å². The van der Waals surface area contributed by atoms with Crippen LogP contribution in [0.2, 0.25) is 0 Å². The molecule has 10 heteroatoms. The van der Waals surface area contributed by atoms with Crippen molar-refractivity contribution in [1.82, 2.24) is 24.7 Å². The summed E-state index contributed by atoms with van der Waals surface area (Å²) >= 11 is 3.30. The van der Waals surface area contributed by atoms with Gasteiger partial charge in [-0.1, -0.05) is 15.9 Å². The Kier molecular flexibility index (Phi) is 3.56. The van der Waals surface area contributed by atoms with E-state index in [0.717, 1.165) is 10.1 Å². The van der Waals surface area contributed by atoms with Crippen LogP contribution in [0.15, 0.2) is 12.4 Å². The molecule has 0 N–H and O–H groups in total. The first-order chi connectivity index (χ1) is 9.99. The van der Waals surface area contributed by atoms with Gasteiger partial charge in [-0.3, -0.25) is 0 Å². The highest BCUT2D eigenvalue weighted by atomic mass is 79.9. The SMILES string of the molecule is FC(F)(F)c1nnc2n1CCN(c1ncc(CBr)cn1)C2. The number of aromatic nitrogens is 5. The van der Waals surface area contributed by atoms with Crippen molar-refractivity contribution >= 4 is 21.9 Å². The van der Waals surface area contributed by atoms with E-state index in [1.165, 1.54) is 0 Å². The van der Waals surface area contributed by atoms with Crippen LogP contribution in [0, 0.1) is 0 Å². The summed E-state index contributed by atoms with van der Waals surface area (Å²) in [6.07, 6.45) is -1.13. The molecule has 0 fully saturated rings. The predicted octanol–water partition coefficient (Wildman–Crippen LogP) is 2.00. The predicted molar refractivity (Wildman–Crippen MR) is 70.7 cm³/mol. The fourth-order valence-corrected chi connectivity index (χ4v) is 2.41. The Morgan fingerprint density at radius 2 is 1.86 bits per heavy atom. The Labute approximate surface area is 126 Å². The zero-order valence-corrected chi connectivity index (χ0v) is 12.3. The van der Waals surface area contributed by atoms with Crippen molar-refractivity contribution in [3.8, 4) is 0 Å². The summed E-state index contributed by atoms with van der Waals surface area (Å²) in [6, 6.07) is 0. The smallest absolute Gasteiger partial charge is 0.331 e. The molecule has 0 unspecified atom stereocenters. The standard InChI is InChI=1S/C11H10BrF3N6/c12-3-7-4-16-10(17-5-7)20-1-2-21-8(6-20)18-19-9(21)11(13,14)15/h4-5H,1-3,6H2. The molecule has 0 amide bonds. The molecule has 112 valence electrons. The zero-order valence-electron chi connectivity index (χ0n) is 10.7. The second kappa shape index (κ2) is 5.24. The minimum Gasteiger partial charge on any atom is -0.331 e. The molecule has 1 aliphatic rings. The molecule has 2 aromatic heterocycles. The lowest BCUT2D eigenvalue weighted by Gasteiger charge is -2.27. The van der Waals surface area contributed by atoms with Crippen molar-refractivity contribution in [1.29, 1.82) is 0 Å². The van der Waals surface area contributed by atoms with E-state index in [1.54, 1.807) is 17.3 Å². The van der Waals surface area contributed by atoms with E-state index in [1.807, 2.05) is 0 Å². The number of fused-ring (bicyclic) bond motifs is 1. The maximum absolute atomic E-state index is 12.7. The van der Waals surface area contributed by atoms with Crippen LogP contribution in [0.3, 0.4) is 0 Å². The third kappa shape index (κ3) is 2.71. The molecule has 0 aliphatic carbocycles. The van der Waals surface area contributed by atoms with Crippen LogP contribution in [0.5, 0.6) is 0 Å². The number of halogens is 4. The molecule has 0 saturated carbocycles. The van der Waals surface area contributed by atoms with Crippen molar-refractivity contribution in [2.75, 3.05) is 11.4 Å². The molecular weight excluding hydrogens is 353 g/mol. The van der Waals surface area contributed by atoms with Gasteiger partial charge in [0.05, 0.1) is 6.54 Å². The van der Waals surface area contributed by atoms with Crippen LogP contribution < -0.4 is 4.90 Å². The first-order valence-corrected chi connectivity index (χ1v) is 7.22.